The Bertz CT molecular complexity index is 1310. The van der Waals surface area contributed by atoms with Crippen LogP contribution in [-0.4, -0.2) is 21.2 Å². The fourth-order valence-electron chi connectivity index (χ4n) is 3.41. The molecule has 0 spiro atoms. The Kier molecular flexibility index (Phi) is 6.25. The van der Waals surface area contributed by atoms with Crippen molar-refractivity contribution in [2.24, 2.45) is 0 Å². The van der Waals surface area contributed by atoms with Crippen molar-refractivity contribution in [3.8, 4) is 5.69 Å². The number of benzene rings is 2. The van der Waals surface area contributed by atoms with Crippen LogP contribution in [0, 0.1) is 6.92 Å². The van der Waals surface area contributed by atoms with Crippen LogP contribution in [0.2, 0.25) is 0 Å². The fourth-order valence-corrected chi connectivity index (χ4v) is 4.99. The predicted octanol–water partition coefficient (Wildman–Crippen LogP) is 5.61. The summed E-state index contributed by atoms with van der Waals surface area (Å²) in [4.78, 5) is 30.6. The summed E-state index contributed by atoms with van der Waals surface area (Å²) >= 11 is 2.65. The lowest BCUT2D eigenvalue weighted by Crippen LogP contribution is -2.22. The van der Waals surface area contributed by atoms with E-state index < -0.39 is 0 Å². The normalized spacial score (nSPS) is 11.2. The van der Waals surface area contributed by atoms with E-state index in [9.17, 15) is 9.59 Å². The summed E-state index contributed by atoms with van der Waals surface area (Å²) in [5.41, 5.74) is 4.26. The van der Waals surface area contributed by atoms with Crippen molar-refractivity contribution in [2.75, 3.05) is 11.1 Å². The second-order valence-corrected chi connectivity index (χ2v) is 9.45. The van der Waals surface area contributed by atoms with Gasteiger partial charge in [-0.3, -0.25) is 14.2 Å². The van der Waals surface area contributed by atoms with Gasteiger partial charge in [0.1, 0.15) is 4.70 Å². The van der Waals surface area contributed by atoms with Gasteiger partial charge >= 0.3 is 0 Å². The topological polar surface area (TPSA) is 64.0 Å². The van der Waals surface area contributed by atoms with Gasteiger partial charge in [0.15, 0.2) is 5.16 Å². The monoisotopic (exact) mass is 449 g/mol. The zero-order valence-corrected chi connectivity index (χ0v) is 19.2. The Morgan fingerprint density at radius 1 is 1.16 bits per heavy atom. The number of carbonyl (C=O) groups is 1. The molecule has 158 valence electrons. The molecular weight excluding hydrogens is 426 g/mol. The van der Waals surface area contributed by atoms with Crippen LogP contribution in [0.25, 0.3) is 15.9 Å². The number of fused-ring (bicyclic) bond motifs is 1. The molecule has 0 bridgehead atoms. The molecule has 4 rings (SSSR count). The first-order chi connectivity index (χ1) is 14.9. The zero-order chi connectivity index (χ0) is 22.0. The number of anilines is 1. The average Bonchev–Trinajstić information content (AvgIpc) is 3.21. The number of amides is 1. The Balaban J connectivity index is 1.63. The molecule has 0 atom stereocenters. The van der Waals surface area contributed by atoms with Crippen LogP contribution in [0.4, 0.5) is 5.69 Å². The van der Waals surface area contributed by atoms with Crippen molar-refractivity contribution in [2.45, 2.75) is 31.8 Å². The molecule has 1 N–H and O–H groups in total. The third-order valence-corrected chi connectivity index (χ3v) is 6.73. The van der Waals surface area contributed by atoms with E-state index in [-0.39, 0.29) is 17.2 Å². The quantitative estimate of drug-likeness (QED) is 0.307. The standard InChI is InChI=1S/C24H23N3O2S2/c1-15(2)18-9-4-5-10-19(18)25-21(28)14-31-24-26-20-11-12-30-22(20)23(29)27(24)17-8-6-7-16(3)13-17/h4-13,15H,14H2,1-3H3,(H,25,28). The minimum atomic E-state index is -0.131. The van der Waals surface area contributed by atoms with E-state index >= 15 is 0 Å². The van der Waals surface area contributed by atoms with Crippen LogP contribution in [0.1, 0.15) is 30.9 Å². The van der Waals surface area contributed by atoms with E-state index in [1.165, 1.54) is 23.1 Å². The van der Waals surface area contributed by atoms with Crippen LogP contribution >= 0.6 is 23.1 Å². The number of thiophene rings is 1. The second kappa shape index (κ2) is 9.08. The first-order valence-corrected chi connectivity index (χ1v) is 11.9. The highest BCUT2D eigenvalue weighted by molar-refractivity contribution is 7.99. The number of rotatable bonds is 6. The first kappa shape index (κ1) is 21.3. The van der Waals surface area contributed by atoms with Crippen molar-refractivity contribution in [1.29, 1.82) is 0 Å². The molecule has 2 heterocycles. The van der Waals surface area contributed by atoms with Gasteiger partial charge in [0.2, 0.25) is 5.91 Å². The lowest BCUT2D eigenvalue weighted by Gasteiger charge is -2.14. The van der Waals surface area contributed by atoms with Gasteiger partial charge in [-0.2, -0.15) is 0 Å². The van der Waals surface area contributed by atoms with Gasteiger partial charge in [-0.25, -0.2) is 4.98 Å². The van der Waals surface area contributed by atoms with E-state index in [4.69, 9.17) is 0 Å². The number of thioether (sulfide) groups is 1. The molecule has 5 nitrogen and oxygen atoms in total. The number of nitrogens with zero attached hydrogens (tertiary/aromatic N) is 2. The SMILES string of the molecule is Cc1cccc(-n2c(SCC(=O)Nc3ccccc3C(C)C)nc3ccsc3c2=O)c1. The summed E-state index contributed by atoms with van der Waals surface area (Å²) < 4.78 is 2.22. The zero-order valence-electron chi connectivity index (χ0n) is 17.6. The van der Waals surface area contributed by atoms with E-state index in [2.05, 4.69) is 24.1 Å². The third-order valence-electron chi connectivity index (χ3n) is 4.90. The summed E-state index contributed by atoms with van der Waals surface area (Å²) in [6.45, 7) is 6.18. The Hall–Kier alpha value is -2.90. The largest absolute Gasteiger partial charge is 0.325 e. The highest BCUT2D eigenvalue weighted by Crippen LogP contribution is 2.26. The minimum absolute atomic E-state index is 0.112. The van der Waals surface area contributed by atoms with Crippen molar-refractivity contribution in [1.82, 2.24) is 9.55 Å². The van der Waals surface area contributed by atoms with E-state index in [0.717, 1.165) is 22.5 Å². The number of carbonyl (C=O) groups excluding carboxylic acids is 1. The number of para-hydroxylation sites is 1. The van der Waals surface area contributed by atoms with Crippen molar-refractivity contribution >= 4 is 44.9 Å². The Labute approximate surface area is 189 Å². The summed E-state index contributed by atoms with van der Waals surface area (Å²) in [6.07, 6.45) is 0. The molecule has 31 heavy (non-hydrogen) atoms. The maximum absolute atomic E-state index is 13.2. The highest BCUT2D eigenvalue weighted by atomic mass is 32.2. The van der Waals surface area contributed by atoms with E-state index in [1.807, 2.05) is 66.9 Å². The van der Waals surface area contributed by atoms with Crippen LogP contribution in [0.3, 0.4) is 0 Å². The maximum Gasteiger partial charge on any atom is 0.276 e. The van der Waals surface area contributed by atoms with Gasteiger partial charge in [0.05, 0.1) is 17.0 Å². The van der Waals surface area contributed by atoms with Crippen LogP contribution in [0.5, 0.6) is 0 Å². The Morgan fingerprint density at radius 3 is 2.74 bits per heavy atom. The van der Waals surface area contributed by atoms with Crippen molar-refractivity contribution < 1.29 is 4.79 Å². The molecule has 0 unspecified atom stereocenters. The molecular formula is C24H23N3O2S2. The molecule has 0 aliphatic heterocycles. The molecule has 0 radical (unpaired) electrons. The molecule has 0 saturated carbocycles. The summed E-state index contributed by atoms with van der Waals surface area (Å²) in [7, 11) is 0. The lowest BCUT2D eigenvalue weighted by molar-refractivity contribution is -0.113. The summed E-state index contributed by atoms with van der Waals surface area (Å²) in [5, 5.41) is 5.38. The van der Waals surface area contributed by atoms with Gasteiger partial charge in [0, 0.05) is 5.69 Å². The number of hydrogen-bond acceptors (Lipinski definition) is 5. The maximum atomic E-state index is 13.2. The molecule has 7 heteroatoms. The van der Waals surface area contributed by atoms with Crippen molar-refractivity contribution in [3.63, 3.8) is 0 Å². The van der Waals surface area contributed by atoms with Gasteiger partial charge in [-0.1, -0.05) is 55.9 Å². The number of aryl methyl sites for hydroxylation is 1. The highest BCUT2D eigenvalue weighted by Gasteiger charge is 2.16. The van der Waals surface area contributed by atoms with Gasteiger partial charge < -0.3 is 5.32 Å². The minimum Gasteiger partial charge on any atom is -0.325 e. The summed E-state index contributed by atoms with van der Waals surface area (Å²) in [5.74, 6) is 0.326. The molecule has 1 amide bonds. The second-order valence-electron chi connectivity index (χ2n) is 7.59. The van der Waals surface area contributed by atoms with E-state index in [0.29, 0.717) is 21.3 Å². The Morgan fingerprint density at radius 2 is 1.97 bits per heavy atom. The van der Waals surface area contributed by atoms with E-state index in [1.54, 1.807) is 4.57 Å². The summed E-state index contributed by atoms with van der Waals surface area (Å²) in [6, 6.07) is 17.4. The van der Waals surface area contributed by atoms with Crippen LogP contribution in [-0.2, 0) is 4.79 Å². The van der Waals surface area contributed by atoms with Gasteiger partial charge in [-0.15, -0.1) is 11.3 Å². The van der Waals surface area contributed by atoms with Crippen molar-refractivity contribution in [3.05, 3.63) is 81.5 Å². The molecule has 0 fully saturated rings. The number of hydrogen-bond donors (Lipinski definition) is 1. The number of aromatic nitrogens is 2. The predicted molar refractivity (Wildman–Crippen MR) is 130 cm³/mol. The third kappa shape index (κ3) is 4.57. The fraction of sp³-hybridized carbons (Fsp3) is 0.208. The molecule has 2 aromatic heterocycles. The molecule has 0 aliphatic rings. The van der Waals surface area contributed by atoms with Crippen LogP contribution < -0.4 is 10.9 Å². The molecule has 0 saturated heterocycles. The van der Waals surface area contributed by atoms with Gasteiger partial charge in [0.25, 0.3) is 5.56 Å². The number of nitrogens with one attached hydrogen (secondary N) is 1. The van der Waals surface area contributed by atoms with Gasteiger partial charge in [-0.05, 0) is 53.6 Å². The first-order valence-electron chi connectivity index (χ1n) is 10.0. The average molecular weight is 450 g/mol. The van der Waals surface area contributed by atoms with Crippen LogP contribution in [0.15, 0.2) is 69.9 Å². The molecule has 0 aliphatic carbocycles. The molecule has 2 aromatic carbocycles. The molecule has 4 aromatic rings. The smallest absolute Gasteiger partial charge is 0.276 e. The lowest BCUT2D eigenvalue weighted by atomic mass is 10.0.